The number of benzene rings is 2. The Labute approximate surface area is 194 Å². The van der Waals surface area contributed by atoms with Crippen LogP contribution in [0.4, 0.5) is 4.79 Å². The number of likely N-dealkylation sites (tertiary alicyclic amines) is 1. The third-order valence-corrected chi connectivity index (χ3v) is 6.03. The Hall–Kier alpha value is -3.26. The molecule has 3 rings (SSSR count). The standard InChI is InChI=1S/C25H32N2O6/c1-4-5-12-33-25(20-9-7-6-8-17(20)2)15-27(16-25)23(29)21(26-24(30)31)13-18-10-11-19(32-3)14-22(18)28/h6-11,14,21,26,28H,4-5,12-13,15-16H2,1-3H3,(H,30,31). The molecule has 178 valence electrons. The lowest BCUT2D eigenvalue weighted by Crippen LogP contribution is -2.66. The van der Waals surface area contributed by atoms with Crippen molar-refractivity contribution in [3.63, 3.8) is 0 Å². The maximum atomic E-state index is 13.3. The van der Waals surface area contributed by atoms with Crippen molar-refractivity contribution in [1.82, 2.24) is 10.2 Å². The summed E-state index contributed by atoms with van der Waals surface area (Å²) in [5, 5.41) is 21.9. The van der Waals surface area contributed by atoms with Gasteiger partial charge < -0.3 is 29.9 Å². The van der Waals surface area contributed by atoms with Gasteiger partial charge in [0.1, 0.15) is 23.1 Å². The third-order valence-electron chi connectivity index (χ3n) is 6.03. The SMILES string of the molecule is CCCCOC1(c2ccccc2C)CN(C(=O)C(Cc2ccc(OC)cc2O)NC(=O)O)C1. The van der Waals surface area contributed by atoms with Crippen LogP contribution < -0.4 is 10.1 Å². The number of phenols is 1. The Morgan fingerprint density at radius 3 is 2.55 bits per heavy atom. The van der Waals surface area contributed by atoms with Gasteiger partial charge >= 0.3 is 6.09 Å². The summed E-state index contributed by atoms with van der Waals surface area (Å²) in [6.45, 7) is 5.38. The number of hydrogen-bond acceptors (Lipinski definition) is 5. The molecule has 1 heterocycles. The molecule has 0 spiro atoms. The fourth-order valence-corrected chi connectivity index (χ4v) is 4.19. The summed E-state index contributed by atoms with van der Waals surface area (Å²) in [5.41, 5.74) is 1.98. The smallest absolute Gasteiger partial charge is 0.405 e. The lowest BCUT2D eigenvalue weighted by molar-refractivity contribution is -0.175. The van der Waals surface area contributed by atoms with Crippen molar-refractivity contribution < 1.29 is 29.3 Å². The number of amides is 2. The number of hydrogen-bond donors (Lipinski definition) is 3. The van der Waals surface area contributed by atoms with E-state index in [1.54, 1.807) is 17.0 Å². The molecule has 0 radical (unpaired) electrons. The zero-order valence-corrected chi connectivity index (χ0v) is 19.3. The Morgan fingerprint density at radius 2 is 1.94 bits per heavy atom. The summed E-state index contributed by atoms with van der Waals surface area (Å²) in [4.78, 5) is 26.3. The van der Waals surface area contributed by atoms with Crippen molar-refractivity contribution in [3.05, 3.63) is 59.2 Å². The number of aromatic hydroxyl groups is 1. The fourth-order valence-electron chi connectivity index (χ4n) is 4.19. The van der Waals surface area contributed by atoms with Crippen molar-refractivity contribution in [2.45, 2.75) is 44.8 Å². The molecular formula is C25H32N2O6. The minimum atomic E-state index is -1.30. The molecule has 8 heteroatoms. The van der Waals surface area contributed by atoms with Gasteiger partial charge in [-0.05, 0) is 36.1 Å². The van der Waals surface area contributed by atoms with Crippen LogP contribution in [0.3, 0.4) is 0 Å². The highest BCUT2D eigenvalue weighted by molar-refractivity contribution is 5.86. The number of ether oxygens (including phenoxy) is 2. The van der Waals surface area contributed by atoms with Gasteiger partial charge in [-0.25, -0.2) is 4.79 Å². The van der Waals surface area contributed by atoms with E-state index in [9.17, 15) is 19.8 Å². The number of nitrogens with zero attached hydrogens (tertiary/aromatic N) is 1. The van der Waals surface area contributed by atoms with Crippen molar-refractivity contribution in [1.29, 1.82) is 0 Å². The first-order valence-corrected chi connectivity index (χ1v) is 11.1. The third kappa shape index (κ3) is 5.57. The number of nitrogens with one attached hydrogen (secondary N) is 1. The van der Waals surface area contributed by atoms with Crippen molar-refractivity contribution in [2.24, 2.45) is 0 Å². The molecule has 8 nitrogen and oxygen atoms in total. The molecule has 33 heavy (non-hydrogen) atoms. The summed E-state index contributed by atoms with van der Waals surface area (Å²) < 4.78 is 11.4. The molecule has 0 saturated carbocycles. The summed E-state index contributed by atoms with van der Waals surface area (Å²) in [7, 11) is 1.49. The highest BCUT2D eigenvalue weighted by Gasteiger charge is 2.49. The monoisotopic (exact) mass is 456 g/mol. The number of rotatable bonds is 10. The molecule has 1 aliphatic heterocycles. The van der Waals surface area contributed by atoms with Crippen LogP contribution in [-0.4, -0.2) is 60.0 Å². The predicted molar refractivity (Wildman–Crippen MR) is 124 cm³/mol. The Balaban J connectivity index is 1.78. The van der Waals surface area contributed by atoms with Gasteiger partial charge in [0.25, 0.3) is 0 Å². The van der Waals surface area contributed by atoms with E-state index in [2.05, 4.69) is 12.2 Å². The first-order chi connectivity index (χ1) is 15.8. The molecule has 1 aliphatic rings. The average molecular weight is 457 g/mol. The second kappa shape index (κ2) is 10.6. The van der Waals surface area contributed by atoms with E-state index in [4.69, 9.17) is 9.47 Å². The zero-order valence-electron chi connectivity index (χ0n) is 19.3. The molecule has 1 fully saturated rings. The van der Waals surface area contributed by atoms with E-state index in [-0.39, 0.29) is 18.1 Å². The molecule has 2 aromatic rings. The first-order valence-electron chi connectivity index (χ1n) is 11.1. The average Bonchev–Trinajstić information content (AvgIpc) is 2.76. The van der Waals surface area contributed by atoms with Gasteiger partial charge in [-0.15, -0.1) is 0 Å². The van der Waals surface area contributed by atoms with E-state index in [0.717, 1.165) is 24.0 Å². The summed E-state index contributed by atoms with van der Waals surface area (Å²) in [5.74, 6) is 0.0660. The minimum Gasteiger partial charge on any atom is -0.508 e. The quantitative estimate of drug-likeness (QED) is 0.473. The van der Waals surface area contributed by atoms with Crippen LogP contribution in [0.25, 0.3) is 0 Å². The van der Waals surface area contributed by atoms with Gasteiger partial charge in [0.05, 0.1) is 20.2 Å². The van der Waals surface area contributed by atoms with Crippen molar-refractivity contribution in [2.75, 3.05) is 26.8 Å². The summed E-state index contributed by atoms with van der Waals surface area (Å²) in [6, 6.07) is 11.6. The molecule has 0 aliphatic carbocycles. The van der Waals surface area contributed by atoms with E-state index >= 15 is 0 Å². The summed E-state index contributed by atoms with van der Waals surface area (Å²) in [6.07, 6.45) is 0.640. The van der Waals surface area contributed by atoms with Crippen LogP contribution in [-0.2, 0) is 21.6 Å². The molecule has 2 aromatic carbocycles. The normalized spacial score (nSPS) is 15.4. The Bertz CT molecular complexity index is 987. The minimum absolute atomic E-state index is 0.0194. The topological polar surface area (TPSA) is 108 Å². The van der Waals surface area contributed by atoms with Gasteiger partial charge in [0.15, 0.2) is 0 Å². The maximum Gasteiger partial charge on any atom is 0.405 e. The summed E-state index contributed by atoms with van der Waals surface area (Å²) >= 11 is 0. The molecule has 2 amide bonds. The van der Waals surface area contributed by atoms with Crippen LogP contribution in [0.15, 0.2) is 42.5 Å². The molecular weight excluding hydrogens is 424 g/mol. The van der Waals surface area contributed by atoms with E-state index < -0.39 is 17.7 Å². The number of phenolic OH excluding ortho intramolecular Hbond substituents is 1. The van der Waals surface area contributed by atoms with Crippen molar-refractivity contribution >= 4 is 12.0 Å². The number of carbonyl (C=O) groups is 2. The highest BCUT2D eigenvalue weighted by atomic mass is 16.5. The lowest BCUT2D eigenvalue weighted by atomic mass is 9.82. The molecule has 1 saturated heterocycles. The van der Waals surface area contributed by atoms with Gasteiger partial charge in [-0.1, -0.05) is 43.7 Å². The molecule has 3 N–H and O–H groups in total. The van der Waals surface area contributed by atoms with Crippen LogP contribution >= 0.6 is 0 Å². The van der Waals surface area contributed by atoms with Crippen LogP contribution in [0.2, 0.25) is 0 Å². The second-order valence-electron chi connectivity index (χ2n) is 8.41. The van der Waals surface area contributed by atoms with Crippen LogP contribution in [0, 0.1) is 6.92 Å². The molecule has 0 bridgehead atoms. The number of aryl methyl sites for hydroxylation is 1. The highest BCUT2D eigenvalue weighted by Crippen LogP contribution is 2.38. The number of carboxylic acid groups (broad SMARTS) is 1. The fraction of sp³-hybridized carbons (Fsp3) is 0.440. The van der Waals surface area contributed by atoms with Gasteiger partial charge in [-0.2, -0.15) is 0 Å². The van der Waals surface area contributed by atoms with E-state index in [1.165, 1.54) is 13.2 Å². The number of carbonyl (C=O) groups excluding carboxylic acids is 1. The number of methoxy groups -OCH3 is 1. The van der Waals surface area contributed by atoms with Gasteiger partial charge in [0, 0.05) is 19.1 Å². The first kappa shape index (κ1) is 24.4. The van der Waals surface area contributed by atoms with Crippen LogP contribution in [0.5, 0.6) is 11.5 Å². The molecule has 1 unspecified atom stereocenters. The largest absolute Gasteiger partial charge is 0.508 e. The second-order valence-corrected chi connectivity index (χ2v) is 8.41. The Morgan fingerprint density at radius 1 is 1.21 bits per heavy atom. The molecule has 0 aromatic heterocycles. The Kier molecular flexibility index (Phi) is 7.81. The predicted octanol–water partition coefficient (Wildman–Crippen LogP) is 3.44. The number of unbranched alkanes of at least 4 members (excludes halogenated alkanes) is 1. The van der Waals surface area contributed by atoms with E-state index in [0.29, 0.717) is 31.0 Å². The lowest BCUT2D eigenvalue weighted by Gasteiger charge is -2.51. The van der Waals surface area contributed by atoms with Crippen LogP contribution in [0.1, 0.15) is 36.5 Å². The zero-order chi connectivity index (χ0) is 24.0. The van der Waals surface area contributed by atoms with Gasteiger partial charge in [-0.3, -0.25) is 4.79 Å². The molecule has 1 atom stereocenters. The van der Waals surface area contributed by atoms with Crippen molar-refractivity contribution in [3.8, 4) is 11.5 Å². The maximum absolute atomic E-state index is 13.3. The van der Waals surface area contributed by atoms with Gasteiger partial charge in [0.2, 0.25) is 5.91 Å². The van der Waals surface area contributed by atoms with E-state index in [1.807, 2.05) is 31.2 Å².